The summed E-state index contributed by atoms with van der Waals surface area (Å²) >= 11 is 0. The molecule has 6 rings (SSSR count). The third-order valence-corrected chi connectivity index (χ3v) is 10.3. The van der Waals surface area contributed by atoms with Crippen LogP contribution in [0.2, 0.25) is 0 Å². The van der Waals surface area contributed by atoms with Crippen LogP contribution in [0.15, 0.2) is 11.6 Å². The molecule has 8 atom stereocenters. The van der Waals surface area contributed by atoms with Crippen molar-refractivity contribution in [2.24, 2.45) is 28.6 Å². The Morgan fingerprint density at radius 3 is 2.60 bits per heavy atom. The predicted molar refractivity (Wildman–Crippen MR) is 111 cm³/mol. The van der Waals surface area contributed by atoms with E-state index in [1.165, 1.54) is 19.8 Å². The Labute approximate surface area is 179 Å². The zero-order valence-corrected chi connectivity index (χ0v) is 18.9. The minimum Gasteiger partial charge on any atom is -0.462 e. The van der Waals surface area contributed by atoms with E-state index >= 15 is 0 Å². The molecule has 2 aliphatic heterocycles. The van der Waals surface area contributed by atoms with Crippen molar-refractivity contribution in [2.75, 3.05) is 13.2 Å². The van der Waals surface area contributed by atoms with Gasteiger partial charge in [-0.3, -0.25) is 4.79 Å². The molecule has 4 aliphatic carbocycles. The number of hydrogen-bond donors (Lipinski definition) is 0. The molecule has 6 aliphatic rings. The van der Waals surface area contributed by atoms with Gasteiger partial charge in [-0.2, -0.15) is 0 Å². The maximum Gasteiger partial charge on any atom is 0.302 e. The first kappa shape index (κ1) is 19.8. The molecule has 166 valence electrons. The number of rotatable bonds is 2. The molecule has 0 N–H and O–H groups in total. The number of epoxide rings is 1. The predicted octanol–water partition coefficient (Wildman–Crippen LogP) is 4.39. The molecule has 0 amide bonds. The number of esters is 1. The third-order valence-electron chi connectivity index (χ3n) is 10.3. The molecule has 5 heteroatoms. The molecule has 0 bridgehead atoms. The lowest BCUT2D eigenvalue weighted by Gasteiger charge is -2.59. The van der Waals surface area contributed by atoms with E-state index in [2.05, 4.69) is 26.8 Å². The lowest BCUT2D eigenvalue weighted by molar-refractivity contribution is -0.234. The van der Waals surface area contributed by atoms with Crippen molar-refractivity contribution in [1.82, 2.24) is 0 Å². The lowest BCUT2D eigenvalue weighted by atomic mass is 9.46. The highest BCUT2D eigenvalue weighted by Crippen LogP contribution is 2.76. The van der Waals surface area contributed by atoms with Crippen LogP contribution in [0.3, 0.4) is 0 Å². The van der Waals surface area contributed by atoms with E-state index in [-0.39, 0.29) is 34.6 Å². The molecule has 0 aromatic rings. The van der Waals surface area contributed by atoms with Crippen LogP contribution in [-0.2, 0) is 23.7 Å². The first-order valence-electron chi connectivity index (χ1n) is 12.1. The van der Waals surface area contributed by atoms with E-state index in [1.807, 2.05) is 0 Å². The van der Waals surface area contributed by atoms with Gasteiger partial charge in [-0.1, -0.05) is 25.5 Å². The van der Waals surface area contributed by atoms with Crippen LogP contribution in [0.1, 0.15) is 72.6 Å². The summed E-state index contributed by atoms with van der Waals surface area (Å²) < 4.78 is 24.4. The summed E-state index contributed by atoms with van der Waals surface area (Å²) in [4.78, 5) is 11.5. The van der Waals surface area contributed by atoms with E-state index in [4.69, 9.17) is 18.9 Å². The minimum atomic E-state index is -0.588. The number of ether oxygens (including phenoxy) is 4. The van der Waals surface area contributed by atoms with Crippen LogP contribution in [0.4, 0.5) is 0 Å². The quantitative estimate of drug-likeness (QED) is 0.380. The van der Waals surface area contributed by atoms with Crippen molar-refractivity contribution in [3.05, 3.63) is 11.6 Å². The van der Waals surface area contributed by atoms with Crippen molar-refractivity contribution < 1.29 is 23.7 Å². The topological polar surface area (TPSA) is 57.3 Å². The lowest BCUT2D eigenvalue weighted by Crippen LogP contribution is -2.59. The summed E-state index contributed by atoms with van der Waals surface area (Å²) in [6.07, 6.45) is 10.7. The minimum absolute atomic E-state index is 0.0691. The fraction of sp³-hybridized carbons (Fsp3) is 0.880. The maximum absolute atomic E-state index is 11.5. The normalized spacial score (nSPS) is 53.1. The molecule has 2 heterocycles. The highest BCUT2D eigenvalue weighted by molar-refractivity contribution is 5.66. The summed E-state index contributed by atoms with van der Waals surface area (Å²) in [7, 11) is 0. The van der Waals surface area contributed by atoms with Crippen molar-refractivity contribution in [3.63, 3.8) is 0 Å². The fourth-order valence-electron chi connectivity index (χ4n) is 8.96. The Balaban J connectivity index is 1.29. The number of carbonyl (C=O) groups excluding carboxylic acids is 1. The highest BCUT2D eigenvalue weighted by atomic mass is 16.8. The standard InChI is InChI=1S/C25H36O5/c1-15(26)29-17-7-9-22(2)16(13-17)5-6-18-19(22)8-10-23(3)20(18)14-21-25(23,30-21)24(4)27-11-12-28-24/h5,17-21H,6-14H2,1-4H3/t17-,18-,19+,20+,21-,22-,23+,25-/m1/s1. The SMILES string of the molecule is CC(=O)O[C@@H]1CC[C@]2(C)C(=CC[C@H]3[C@@H]4C[C@H]5O[C@@]5(C5(C)OCCO5)[C@@]4(C)CC[C@@H]32)C1. The van der Waals surface area contributed by atoms with Gasteiger partial charge in [-0.15, -0.1) is 0 Å². The van der Waals surface area contributed by atoms with E-state index in [1.54, 1.807) is 5.57 Å². The molecular weight excluding hydrogens is 380 g/mol. The third kappa shape index (κ3) is 2.27. The molecule has 2 saturated heterocycles. The summed E-state index contributed by atoms with van der Waals surface area (Å²) in [5, 5.41) is 0. The van der Waals surface area contributed by atoms with Gasteiger partial charge in [0, 0.05) is 18.8 Å². The van der Waals surface area contributed by atoms with Crippen LogP contribution in [0.5, 0.6) is 0 Å². The summed E-state index contributed by atoms with van der Waals surface area (Å²) in [5.41, 5.74) is 1.67. The van der Waals surface area contributed by atoms with E-state index in [0.29, 0.717) is 25.0 Å². The van der Waals surface area contributed by atoms with Crippen LogP contribution in [0.25, 0.3) is 0 Å². The molecule has 0 spiro atoms. The van der Waals surface area contributed by atoms with Crippen LogP contribution < -0.4 is 0 Å². The van der Waals surface area contributed by atoms with Crippen molar-refractivity contribution in [2.45, 2.75) is 96.2 Å². The Kier molecular flexibility index (Phi) is 4.02. The Hall–Kier alpha value is -0.910. The zero-order chi connectivity index (χ0) is 20.9. The Morgan fingerprint density at radius 1 is 1.10 bits per heavy atom. The number of carbonyl (C=O) groups is 1. The molecule has 5 fully saturated rings. The van der Waals surface area contributed by atoms with Gasteiger partial charge in [0.15, 0.2) is 11.4 Å². The molecule has 3 saturated carbocycles. The Bertz CT molecular complexity index is 799. The van der Waals surface area contributed by atoms with E-state index < -0.39 is 5.79 Å². The molecule has 30 heavy (non-hydrogen) atoms. The van der Waals surface area contributed by atoms with Gasteiger partial charge >= 0.3 is 5.97 Å². The van der Waals surface area contributed by atoms with Gasteiger partial charge in [0.1, 0.15) is 6.10 Å². The van der Waals surface area contributed by atoms with Gasteiger partial charge < -0.3 is 18.9 Å². The zero-order valence-electron chi connectivity index (χ0n) is 18.9. The first-order chi connectivity index (χ1) is 14.2. The molecule has 0 aromatic carbocycles. The van der Waals surface area contributed by atoms with Crippen LogP contribution in [-0.4, -0.2) is 42.8 Å². The smallest absolute Gasteiger partial charge is 0.302 e. The molecule has 0 aromatic heterocycles. The number of hydrogen-bond acceptors (Lipinski definition) is 5. The summed E-state index contributed by atoms with van der Waals surface area (Å²) in [6.45, 7) is 9.97. The van der Waals surface area contributed by atoms with E-state index in [0.717, 1.165) is 38.0 Å². The average Bonchev–Trinajstić information content (AvgIpc) is 3.18. The number of fused-ring (bicyclic) bond motifs is 7. The van der Waals surface area contributed by atoms with Gasteiger partial charge in [-0.05, 0) is 68.6 Å². The Morgan fingerprint density at radius 2 is 1.87 bits per heavy atom. The fourth-order valence-corrected chi connectivity index (χ4v) is 8.96. The van der Waals surface area contributed by atoms with Gasteiger partial charge in [0.25, 0.3) is 0 Å². The monoisotopic (exact) mass is 416 g/mol. The second-order valence-corrected chi connectivity index (χ2v) is 11.4. The van der Waals surface area contributed by atoms with Crippen molar-refractivity contribution in [3.8, 4) is 0 Å². The van der Waals surface area contributed by atoms with Crippen LogP contribution >= 0.6 is 0 Å². The molecule has 0 unspecified atom stereocenters. The average molecular weight is 417 g/mol. The van der Waals surface area contributed by atoms with Gasteiger partial charge in [0.2, 0.25) is 0 Å². The molecule has 5 nitrogen and oxygen atoms in total. The summed E-state index contributed by atoms with van der Waals surface area (Å²) in [6, 6.07) is 0. The highest BCUT2D eigenvalue weighted by Gasteiger charge is 2.84. The largest absolute Gasteiger partial charge is 0.462 e. The second kappa shape index (κ2) is 6.11. The second-order valence-electron chi connectivity index (χ2n) is 11.4. The molecule has 0 radical (unpaired) electrons. The van der Waals surface area contributed by atoms with Gasteiger partial charge in [0.05, 0.1) is 19.3 Å². The maximum atomic E-state index is 11.5. The van der Waals surface area contributed by atoms with Crippen molar-refractivity contribution in [1.29, 1.82) is 0 Å². The van der Waals surface area contributed by atoms with Crippen LogP contribution in [0, 0.1) is 28.6 Å². The van der Waals surface area contributed by atoms with Crippen molar-refractivity contribution >= 4 is 5.97 Å². The number of allylic oxidation sites excluding steroid dienone is 1. The molecular formula is C25H36O5. The van der Waals surface area contributed by atoms with E-state index in [9.17, 15) is 4.79 Å². The van der Waals surface area contributed by atoms with Gasteiger partial charge in [-0.25, -0.2) is 0 Å². The first-order valence-corrected chi connectivity index (χ1v) is 12.1. The summed E-state index contributed by atoms with van der Waals surface area (Å²) in [5.74, 6) is 1.37.